The maximum absolute atomic E-state index is 2.30. The van der Waals surface area contributed by atoms with E-state index >= 15 is 0 Å². The third-order valence-corrected chi connectivity index (χ3v) is 4.53. The molecule has 0 nitrogen and oxygen atoms in total. The van der Waals surface area contributed by atoms with E-state index in [1.165, 1.54) is 39.8 Å². The summed E-state index contributed by atoms with van der Waals surface area (Å²) in [4.78, 5) is 0. The molecule has 14 heavy (non-hydrogen) atoms. The Morgan fingerprint density at radius 1 is 1.14 bits per heavy atom. The molecular formula is C13H16Fe. The van der Waals surface area contributed by atoms with Gasteiger partial charge in [0.2, 0.25) is 0 Å². The molecule has 0 heterocycles. The van der Waals surface area contributed by atoms with Gasteiger partial charge in [-0.3, -0.25) is 0 Å². The minimum atomic E-state index is 1.17. The zero-order valence-electron chi connectivity index (χ0n) is 8.78. The predicted octanol–water partition coefficient (Wildman–Crippen LogP) is 3.93. The average Bonchev–Trinajstić information content (AvgIpc) is 2.77. The Hall–Kier alpha value is -0.521. The Balaban J connectivity index is 2.09. The molecule has 0 amide bonds. The van der Waals surface area contributed by atoms with Crippen molar-refractivity contribution in [3.63, 3.8) is 0 Å². The van der Waals surface area contributed by atoms with E-state index < -0.39 is 0 Å². The molecule has 0 fully saturated rings. The molecule has 0 saturated heterocycles. The van der Waals surface area contributed by atoms with Gasteiger partial charge in [-0.2, -0.15) is 0 Å². The van der Waals surface area contributed by atoms with Crippen molar-refractivity contribution in [3.05, 3.63) is 44.4 Å². The van der Waals surface area contributed by atoms with Crippen LogP contribution in [-0.2, 0) is 15.0 Å². The van der Waals surface area contributed by atoms with Crippen LogP contribution in [-0.4, -0.2) is 0 Å². The molecule has 0 aromatic heterocycles. The quantitative estimate of drug-likeness (QED) is 0.642. The fraction of sp³-hybridized carbons (Fsp3) is 0.385. The van der Waals surface area contributed by atoms with Gasteiger partial charge in [0, 0.05) is 0 Å². The Bertz CT molecular complexity index is 353. The molecule has 0 N–H and O–H groups in total. The molecule has 2 aliphatic rings. The molecule has 1 heteroatoms. The molecular weight excluding hydrogens is 212 g/mol. The summed E-state index contributed by atoms with van der Waals surface area (Å²) in [6.07, 6.45) is 12.7. The standard InChI is InChI=1S/C7H9.C6H7.Fe/c1-2-7-5-3-4-6-7;1-6-4-2-3-5-6;/h3,5H,2,4H2,1H3;2,4H,3H2,1H3;. The second-order valence-corrected chi connectivity index (χ2v) is 5.25. The van der Waals surface area contributed by atoms with Gasteiger partial charge < -0.3 is 0 Å². The maximum atomic E-state index is 2.30. The molecule has 0 spiro atoms. The van der Waals surface area contributed by atoms with Gasteiger partial charge in [0.1, 0.15) is 0 Å². The molecule has 2 aliphatic carbocycles. The van der Waals surface area contributed by atoms with Crippen molar-refractivity contribution < 1.29 is 15.0 Å². The van der Waals surface area contributed by atoms with Gasteiger partial charge in [0.25, 0.3) is 0 Å². The Morgan fingerprint density at radius 2 is 1.86 bits per heavy atom. The van der Waals surface area contributed by atoms with Crippen molar-refractivity contribution in [2.24, 2.45) is 0 Å². The zero-order valence-corrected chi connectivity index (χ0v) is 9.89. The fourth-order valence-corrected chi connectivity index (χ4v) is 3.40. The fourth-order valence-electron chi connectivity index (χ4n) is 1.74. The van der Waals surface area contributed by atoms with Crippen LogP contribution in [0.3, 0.4) is 0 Å². The van der Waals surface area contributed by atoms with Crippen molar-refractivity contribution in [2.75, 3.05) is 0 Å². The van der Waals surface area contributed by atoms with E-state index in [2.05, 4.69) is 38.2 Å². The van der Waals surface area contributed by atoms with Gasteiger partial charge in [-0.15, -0.1) is 0 Å². The van der Waals surface area contributed by atoms with Crippen molar-refractivity contribution in [1.82, 2.24) is 0 Å². The van der Waals surface area contributed by atoms with E-state index in [1.807, 2.05) is 0 Å². The van der Waals surface area contributed by atoms with E-state index in [4.69, 9.17) is 0 Å². The molecule has 0 aromatic rings. The summed E-state index contributed by atoms with van der Waals surface area (Å²) >= 11 is 1.20. The Labute approximate surface area is 92.6 Å². The predicted molar refractivity (Wildman–Crippen MR) is 57.5 cm³/mol. The number of hydrogen-bond donors (Lipinski definition) is 0. The summed E-state index contributed by atoms with van der Waals surface area (Å²) < 4.78 is 3.26. The van der Waals surface area contributed by atoms with Crippen molar-refractivity contribution >= 4 is 0 Å². The molecule has 0 atom stereocenters. The third-order valence-electron chi connectivity index (χ3n) is 2.62. The first-order chi connectivity index (χ1) is 6.81. The third kappa shape index (κ3) is 1.94. The Morgan fingerprint density at radius 3 is 2.50 bits per heavy atom. The summed E-state index contributed by atoms with van der Waals surface area (Å²) in [7, 11) is 0. The topological polar surface area (TPSA) is 0 Å². The van der Waals surface area contributed by atoms with Crippen LogP contribution in [0, 0.1) is 0 Å². The van der Waals surface area contributed by atoms with Crippen LogP contribution < -0.4 is 0 Å². The second-order valence-electron chi connectivity index (χ2n) is 3.64. The van der Waals surface area contributed by atoms with Crippen LogP contribution in [0.4, 0.5) is 0 Å². The molecule has 0 bridgehead atoms. The molecule has 0 radical (unpaired) electrons. The summed E-state index contributed by atoms with van der Waals surface area (Å²) in [5, 5.41) is 0. The van der Waals surface area contributed by atoms with Crippen LogP contribution in [0.15, 0.2) is 44.4 Å². The first kappa shape index (κ1) is 10.0. The normalized spacial score (nSPS) is 20.7. The number of allylic oxidation sites excluding steroid dienone is 8. The molecule has 0 aromatic carbocycles. The van der Waals surface area contributed by atoms with E-state index in [9.17, 15) is 0 Å². The number of rotatable bonds is 3. The van der Waals surface area contributed by atoms with Crippen LogP contribution in [0.5, 0.6) is 0 Å². The summed E-state index contributed by atoms with van der Waals surface area (Å²) in [6, 6.07) is 0. The Kier molecular flexibility index (Phi) is 3.10. The molecule has 2 rings (SSSR count). The van der Waals surface area contributed by atoms with Gasteiger partial charge in [0.15, 0.2) is 0 Å². The minimum absolute atomic E-state index is 1.17. The summed E-state index contributed by atoms with van der Waals surface area (Å²) in [6.45, 7) is 4.48. The van der Waals surface area contributed by atoms with Crippen LogP contribution >= 0.6 is 0 Å². The van der Waals surface area contributed by atoms with Crippen molar-refractivity contribution in [1.29, 1.82) is 0 Å². The second kappa shape index (κ2) is 4.33. The van der Waals surface area contributed by atoms with E-state index in [1.54, 1.807) is 14.5 Å². The van der Waals surface area contributed by atoms with Crippen LogP contribution in [0.2, 0.25) is 0 Å². The summed E-state index contributed by atoms with van der Waals surface area (Å²) in [5.41, 5.74) is 3.05. The van der Waals surface area contributed by atoms with Gasteiger partial charge in [0.05, 0.1) is 0 Å². The zero-order chi connectivity index (χ0) is 9.97. The van der Waals surface area contributed by atoms with E-state index in [-0.39, 0.29) is 0 Å². The van der Waals surface area contributed by atoms with Crippen LogP contribution in [0.25, 0.3) is 0 Å². The number of hydrogen-bond acceptors (Lipinski definition) is 0. The monoisotopic (exact) mass is 228 g/mol. The van der Waals surface area contributed by atoms with E-state index in [0.29, 0.717) is 0 Å². The van der Waals surface area contributed by atoms with Crippen molar-refractivity contribution in [2.45, 2.75) is 33.1 Å². The molecule has 0 saturated carbocycles. The SMILES string of the molecule is CCC1=[C]([Fe][C]2=C(C)C=CC2)CC=C1. The molecule has 0 unspecified atom stereocenters. The average molecular weight is 228 g/mol. The molecule has 0 aliphatic heterocycles. The molecule has 76 valence electrons. The van der Waals surface area contributed by atoms with Gasteiger partial charge in [-0.1, -0.05) is 0 Å². The van der Waals surface area contributed by atoms with E-state index in [0.717, 1.165) is 0 Å². The van der Waals surface area contributed by atoms with Gasteiger partial charge in [-0.05, 0) is 0 Å². The van der Waals surface area contributed by atoms with Crippen molar-refractivity contribution in [3.8, 4) is 0 Å². The van der Waals surface area contributed by atoms with Gasteiger partial charge >= 0.3 is 92.5 Å². The summed E-state index contributed by atoms with van der Waals surface area (Å²) in [5.74, 6) is 0. The first-order valence-electron chi connectivity index (χ1n) is 5.18. The first-order valence-corrected chi connectivity index (χ1v) is 6.29. The van der Waals surface area contributed by atoms with Gasteiger partial charge in [-0.25, -0.2) is 0 Å². The van der Waals surface area contributed by atoms with Crippen LogP contribution in [0.1, 0.15) is 33.1 Å².